The minimum Gasteiger partial charge on any atom is -0.486 e. The summed E-state index contributed by atoms with van der Waals surface area (Å²) in [6, 6.07) is 1.59. The first kappa shape index (κ1) is 17.1. The van der Waals surface area contributed by atoms with Gasteiger partial charge < -0.3 is 20.1 Å². The third-order valence-electron chi connectivity index (χ3n) is 4.42. The Morgan fingerprint density at radius 3 is 2.50 bits per heavy atom. The van der Waals surface area contributed by atoms with Crippen molar-refractivity contribution in [1.82, 2.24) is 15.1 Å². The first-order chi connectivity index (χ1) is 11.2. The lowest BCUT2D eigenvalue weighted by Gasteiger charge is -2.38. The third kappa shape index (κ3) is 3.66. The van der Waals surface area contributed by atoms with Gasteiger partial charge in [-0.3, -0.25) is 0 Å². The number of likely N-dealkylation sites (tertiary alicyclic amines) is 1. The molecule has 2 N–H and O–H groups in total. The van der Waals surface area contributed by atoms with Crippen molar-refractivity contribution in [3.05, 3.63) is 11.2 Å². The number of hydrogen-bond acceptors (Lipinski definition) is 6. The molecule has 2 aliphatic rings. The number of rotatable bonds is 2. The van der Waals surface area contributed by atoms with Crippen LogP contribution in [0.4, 0.5) is 10.6 Å². The van der Waals surface area contributed by atoms with Gasteiger partial charge in [-0.05, 0) is 33.6 Å². The maximum Gasteiger partial charge on any atom is 0.410 e. The van der Waals surface area contributed by atoms with Gasteiger partial charge in [0.25, 0.3) is 0 Å². The number of ether oxygens (including phenoxy) is 2. The summed E-state index contributed by atoms with van der Waals surface area (Å²) in [6.45, 7) is 6.87. The van der Waals surface area contributed by atoms with Crippen LogP contribution in [-0.2, 0) is 4.74 Å². The standard InChI is InChI=1S/C16H23ClN4O3/c1-16(2,3)24-15(22)21-7-9-4-5-10(8-21)13(9)23-11-6-12(17)19-20-14(11)18/h6,9-10,13H,4-5,7-8H2,1-3H3,(H2,18,20). The van der Waals surface area contributed by atoms with Gasteiger partial charge in [-0.2, -0.15) is 0 Å². The summed E-state index contributed by atoms with van der Waals surface area (Å²) in [5, 5.41) is 7.73. The molecule has 2 bridgehead atoms. The minimum atomic E-state index is -0.489. The van der Waals surface area contributed by atoms with Crippen molar-refractivity contribution < 1.29 is 14.3 Å². The molecule has 1 aliphatic heterocycles. The van der Waals surface area contributed by atoms with Gasteiger partial charge in [-0.15, -0.1) is 10.2 Å². The summed E-state index contributed by atoms with van der Waals surface area (Å²) in [4.78, 5) is 14.1. The van der Waals surface area contributed by atoms with E-state index in [9.17, 15) is 4.79 Å². The zero-order valence-electron chi connectivity index (χ0n) is 14.2. The monoisotopic (exact) mass is 354 g/mol. The highest BCUT2D eigenvalue weighted by atomic mass is 35.5. The maximum absolute atomic E-state index is 12.3. The normalized spacial score (nSPS) is 26.3. The van der Waals surface area contributed by atoms with Crippen LogP contribution in [0, 0.1) is 11.8 Å². The lowest BCUT2D eigenvalue weighted by atomic mass is 9.95. The van der Waals surface area contributed by atoms with Crippen LogP contribution < -0.4 is 10.5 Å². The molecule has 1 aromatic rings. The fourth-order valence-corrected chi connectivity index (χ4v) is 3.58. The lowest BCUT2D eigenvalue weighted by Crippen LogP contribution is -2.50. The molecule has 3 rings (SSSR count). The van der Waals surface area contributed by atoms with Gasteiger partial charge in [-0.25, -0.2) is 4.79 Å². The molecule has 7 nitrogen and oxygen atoms in total. The summed E-state index contributed by atoms with van der Waals surface area (Å²) < 4.78 is 11.6. The van der Waals surface area contributed by atoms with Crippen molar-refractivity contribution in [3.8, 4) is 5.75 Å². The Kier molecular flexibility index (Phi) is 4.46. The quantitative estimate of drug-likeness (QED) is 0.878. The maximum atomic E-state index is 12.3. The second-order valence-corrected chi connectivity index (χ2v) is 7.87. The number of nitrogen functional groups attached to an aromatic ring is 1. The smallest absolute Gasteiger partial charge is 0.410 e. The summed E-state index contributed by atoms with van der Waals surface area (Å²) in [5.74, 6) is 1.20. The molecule has 8 heteroatoms. The highest BCUT2D eigenvalue weighted by Gasteiger charge is 2.46. The Bertz CT molecular complexity index is 620. The molecule has 1 aromatic heterocycles. The summed E-state index contributed by atoms with van der Waals surface area (Å²) >= 11 is 5.87. The molecule has 2 unspecified atom stereocenters. The van der Waals surface area contributed by atoms with Crippen LogP contribution in [0.3, 0.4) is 0 Å². The molecule has 0 spiro atoms. The SMILES string of the molecule is CC(C)(C)OC(=O)N1CC2CCC(C1)C2Oc1cc(Cl)nnc1N. The number of hydrogen-bond donors (Lipinski definition) is 1. The molecule has 1 saturated heterocycles. The summed E-state index contributed by atoms with van der Waals surface area (Å²) in [6.07, 6.45) is 1.78. The summed E-state index contributed by atoms with van der Waals surface area (Å²) in [7, 11) is 0. The van der Waals surface area contributed by atoms with Gasteiger partial charge >= 0.3 is 6.09 Å². The largest absolute Gasteiger partial charge is 0.486 e. The van der Waals surface area contributed by atoms with Crippen molar-refractivity contribution in [3.63, 3.8) is 0 Å². The topological polar surface area (TPSA) is 90.6 Å². The number of piperidine rings is 1. The zero-order chi connectivity index (χ0) is 17.5. The predicted molar refractivity (Wildman–Crippen MR) is 89.9 cm³/mol. The van der Waals surface area contributed by atoms with Crippen LogP contribution >= 0.6 is 11.6 Å². The number of carbonyl (C=O) groups is 1. The van der Waals surface area contributed by atoms with Crippen LogP contribution in [0.1, 0.15) is 33.6 Å². The second-order valence-electron chi connectivity index (χ2n) is 7.48. The van der Waals surface area contributed by atoms with Crippen molar-refractivity contribution >= 4 is 23.5 Å². The van der Waals surface area contributed by atoms with Crippen molar-refractivity contribution in [2.45, 2.75) is 45.3 Å². The van der Waals surface area contributed by atoms with Gasteiger partial charge in [0.2, 0.25) is 0 Å². The fraction of sp³-hybridized carbons (Fsp3) is 0.688. The number of nitrogens with zero attached hydrogens (tertiary/aromatic N) is 3. The van der Waals surface area contributed by atoms with Crippen LogP contribution in [0.15, 0.2) is 6.07 Å². The van der Waals surface area contributed by atoms with E-state index in [0.29, 0.717) is 18.8 Å². The second kappa shape index (κ2) is 6.27. The van der Waals surface area contributed by atoms with Crippen LogP contribution in [0.5, 0.6) is 5.75 Å². The van der Waals surface area contributed by atoms with E-state index in [-0.39, 0.29) is 35.0 Å². The fourth-order valence-electron chi connectivity index (χ4n) is 3.44. The van der Waals surface area contributed by atoms with Gasteiger partial charge in [-0.1, -0.05) is 11.6 Å². The molecule has 0 radical (unpaired) electrons. The molecule has 0 aromatic carbocycles. The van der Waals surface area contributed by atoms with Gasteiger partial charge in [0, 0.05) is 31.0 Å². The van der Waals surface area contributed by atoms with E-state index < -0.39 is 5.60 Å². The Morgan fingerprint density at radius 2 is 1.92 bits per heavy atom. The van der Waals surface area contributed by atoms with Crippen LogP contribution in [-0.4, -0.2) is 46.0 Å². The van der Waals surface area contributed by atoms with Crippen molar-refractivity contribution in [2.75, 3.05) is 18.8 Å². The molecular formula is C16H23ClN4O3. The number of carbonyl (C=O) groups excluding carboxylic acids is 1. The average molecular weight is 355 g/mol. The number of fused-ring (bicyclic) bond motifs is 2. The number of halogens is 1. The highest BCUT2D eigenvalue weighted by molar-refractivity contribution is 6.29. The van der Waals surface area contributed by atoms with E-state index in [4.69, 9.17) is 26.8 Å². The van der Waals surface area contributed by atoms with E-state index in [1.807, 2.05) is 20.8 Å². The highest BCUT2D eigenvalue weighted by Crippen LogP contribution is 2.40. The van der Waals surface area contributed by atoms with E-state index in [1.165, 1.54) is 0 Å². The third-order valence-corrected chi connectivity index (χ3v) is 4.60. The Morgan fingerprint density at radius 1 is 1.29 bits per heavy atom. The van der Waals surface area contributed by atoms with Crippen molar-refractivity contribution in [2.24, 2.45) is 11.8 Å². The van der Waals surface area contributed by atoms with Gasteiger partial charge in [0.1, 0.15) is 11.7 Å². The Labute approximate surface area is 146 Å². The molecular weight excluding hydrogens is 332 g/mol. The summed E-state index contributed by atoms with van der Waals surface area (Å²) in [5.41, 5.74) is 5.33. The predicted octanol–water partition coefficient (Wildman–Crippen LogP) is 2.74. The van der Waals surface area contributed by atoms with E-state index in [1.54, 1.807) is 11.0 Å². The van der Waals surface area contributed by atoms with E-state index in [0.717, 1.165) is 12.8 Å². The number of amides is 1. The average Bonchev–Trinajstić information content (AvgIpc) is 2.70. The lowest BCUT2D eigenvalue weighted by molar-refractivity contribution is -0.00661. The molecule has 2 atom stereocenters. The molecule has 1 saturated carbocycles. The molecule has 1 aliphatic carbocycles. The molecule has 2 heterocycles. The molecule has 24 heavy (non-hydrogen) atoms. The first-order valence-electron chi connectivity index (χ1n) is 8.16. The number of anilines is 1. The van der Waals surface area contributed by atoms with E-state index >= 15 is 0 Å². The van der Waals surface area contributed by atoms with Crippen molar-refractivity contribution in [1.29, 1.82) is 0 Å². The Balaban J connectivity index is 1.68. The number of nitrogens with two attached hydrogens (primary N) is 1. The van der Waals surface area contributed by atoms with Crippen LogP contribution in [0.2, 0.25) is 5.15 Å². The first-order valence-corrected chi connectivity index (χ1v) is 8.54. The number of aromatic nitrogens is 2. The molecule has 1 amide bonds. The molecule has 2 fully saturated rings. The zero-order valence-corrected chi connectivity index (χ0v) is 14.9. The van der Waals surface area contributed by atoms with E-state index in [2.05, 4.69) is 10.2 Å². The minimum absolute atomic E-state index is 0.00579. The van der Waals surface area contributed by atoms with Gasteiger partial charge in [0.05, 0.1) is 0 Å². The molecule has 132 valence electrons. The van der Waals surface area contributed by atoms with Crippen LogP contribution in [0.25, 0.3) is 0 Å². The van der Waals surface area contributed by atoms with Gasteiger partial charge in [0.15, 0.2) is 16.7 Å². The Hall–Kier alpha value is -1.76.